The Hall–Kier alpha value is -2.02. The van der Waals surface area contributed by atoms with E-state index in [2.05, 4.69) is 26.2 Å². The van der Waals surface area contributed by atoms with Crippen LogP contribution in [0.4, 0.5) is 15.9 Å². The van der Waals surface area contributed by atoms with Crippen LogP contribution in [0.2, 0.25) is 0 Å². The largest absolute Gasteiger partial charge is 0.360 e. The Morgan fingerprint density at radius 1 is 1.40 bits per heavy atom. The van der Waals surface area contributed by atoms with Gasteiger partial charge in [-0.05, 0) is 36.8 Å². The fraction of sp³-hybridized carbons (Fsp3) is 0.154. The van der Waals surface area contributed by atoms with E-state index in [4.69, 9.17) is 0 Å². The first-order chi connectivity index (χ1) is 9.47. The average molecular weight is 340 g/mol. The smallest absolute Gasteiger partial charge is 0.311 e. The van der Waals surface area contributed by atoms with Crippen molar-refractivity contribution >= 4 is 27.4 Å². The number of halogens is 2. The van der Waals surface area contributed by atoms with Gasteiger partial charge in [0.05, 0.1) is 4.92 Å². The summed E-state index contributed by atoms with van der Waals surface area (Å²) in [4.78, 5) is 14.5. The molecule has 0 saturated heterocycles. The first kappa shape index (κ1) is 14.4. The number of aromatic nitrogens is 1. The third-order valence-electron chi connectivity index (χ3n) is 2.66. The third-order valence-corrected chi connectivity index (χ3v) is 3.44. The molecule has 0 aliphatic rings. The quantitative estimate of drug-likeness (QED) is 0.679. The summed E-state index contributed by atoms with van der Waals surface area (Å²) in [5.74, 6) is -0.192. The maximum absolute atomic E-state index is 13.2. The Kier molecular flexibility index (Phi) is 4.29. The van der Waals surface area contributed by atoms with Crippen molar-refractivity contribution in [2.24, 2.45) is 0 Å². The molecule has 0 unspecified atom stereocenters. The lowest BCUT2D eigenvalue weighted by Gasteiger charge is -2.08. The molecule has 7 heteroatoms. The van der Waals surface area contributed by atoms with Gasteiger partial charge in [0.1, 0.15) is 5.82 Å². The first-order valence-electron chi connectivity index (χ1n) is 5.77. The lowest BCUT2D eigenvalue weighted by Crippen LogP contribution is -2.06. The van der Waals surface area contributed by atoms with Crippen LogP contribution in [0.1, 0.15) is 11.3 Å². The number of nitro groups is 1. The SMILES string of the molecule is Cc1ccc([N+](=O)[O-])c(NCc2cc(F)ccc2Br)n1. The second kappa shape index (κ2) is 5.96. The van der Waals surface area contributed by atoms with Crippen LogP contribution >= 0.6 is 15.9 Å². The third kappa shape index (κ3) is 3.30. The molecule has 2 rings (SSSR count). The molecule has 0 atom stereocenters. The molecule has 1 N–H and O–H groups in total. The number of benzene rings is 1. The summed E-state index contributed by atoms with van der Waals surface area (Å²) >= 11 is 3.30. The predicted octanol–water partition coefficient (Wildman–Crippen LogP) is 3.81. The van der Waals surface area contributed by atoms with Crippen molar-refractivity contribution in [1.82, 2.24) is 4.98 Å². The van der Waals surface area contributed by atoms with Gasteiger partial charge in [0.25, 0.3) is 0 Å². The zero-order chi connectivity index (χ0) is 14.7. The van der Waals surface area contributed by atoms with Gasteiger partial charge in [-0.15, -0.1) is 0 Å². The van der Waals surface area contributed by atoms with Crippen LogP contribution in [0, 0.1) is 22.9 Å². The Balaban J connectivity index is 2.24. The van der Waals surface area contributed by atoms with Crippen LogP contribution < -0.4 is 5.32 Å². The van der Waals surface area contributed by atoms with Crippen molar-refractivity contribution in [3.05, 3.63) is 62.0 Å². The highest BCUT2D eigenvalue weighted by Crippen LogP contribution is 2.24. The molecule has 5 nitrogen and oxygen atoms in total. The first-order valence-corrected chi connectivity index (χ1v) is 6.56. The highest BCUT2D eigenvalue weighted by Gasteiger charge is 2.15. The van der Waals surface area contributed by atoms with Gasteiger partial charge < -0.3 is 5.32 Å². The standard InChI is InChI=1S/C13H11BrFN3O2/c1-8-2-5-12(18(19)20)13(17-8)16-7-9-6-10(15)3-4-11(9)14/h2-6H,7H2,1H3,(H,16,17). The van der Waals surface area contributed by atoms with Gasteiger partial charge in [-0.3, -0.25) is 10.1 Å². The van der Waals surface area contributed by atoms with Gasteiger partial charge in [0.15, 0.2) is 0 Å². The molecule has 2 aromatic rings. The number of nitrogens with one attached hydrogen (secondary N) is 1. The second-order valence-electron chi connectivity index (χ2n) is 4.17. The summed E-state index contributed by atoms with van der Waals surface area (Å²) in [6, 6.07) is 7.25. The van der Waals surface area contributed by atoms with Crippen LogP contribution in [-0.2, 0) is 6.54 Å². The van der Waals surface area contributed by atoms with Crippen molar-refractivity contribution in [3.63, 3.8) is 0 Å². The summed E-state index contributed by atoms with van der Waals surface area (Å²) in [6.45, 7) is 1.97. The molecule has 1 aromatic heterocycles. The van der Waals surface area contributed by atoms with Crippen LogP contribution in [0.3, 0.4) is 0 Å². The van der Waals surface area contributed by atoms with E-state index in [1.807, 2.05) is 0 Å². The minimum absolute atomic E-state index is 0.108. The van der Waals surface area contributed by atoms with Gasteiger partial charge in [-0.2, -0.15) is 0 Å². The minimum Gasteiger partial charge on any atom is -0.360 e. The van der Waals surface area contributed by atoms with E-state index in [1.165, 1.54) is 18.2 Å². The molecule has 0 fully saturated rings. The maximum Gasteiger partial charge on any atom is 0.311 e. The normalized spacial score (nSPS) is 10.3. The highest BCUT2D eigenvalue weighted by atomic mass is 79.9. The molecule has 0 aliphatic heterocycles. The van der Waals surface area contributed by atoms with E-state index in [0.717, 1.165) is 4.47 Å². The number of rotatable bonds is 4. The maximum atomic E-state index is 13.2. The number of aryl methyl sites for hydroxylation is 1. The molecule has 1 heterocycles. The minimum atomic E-state index is -0.505. The number of pyridine rings is 1. The number of anilines is 1. The summed E-state index contributed by atoms with van der Waals surface area (Å²) in [5.41, 5.74) is 1.21. The molecule has 20 heavy (non-hydrogen) atoms. The van der Waals surface area contributed by atoms with E-state index in [9.17, 15) is 14.5 Å². The molecule has 0 aliphatic carbocycles. The van der Waals surface area contributed by atoms with Crippen molar-refractivity contribution < 1.29 is 9.31 Å². The Labute approximate surface area is 123 Å². The predicted molar refractivity (Wildman–Crippen MR) is 77.1 cm³/mol. The zero-order valence-electron chi connectivity index (χ0n) is 10.6. The lowest BCUT2D eigenvalue weighted by atomic mass is 10.2. The lowest BCUT2D eigenvalue weighted by molar-refractivity contribution is -0.384. The van der Waals surface area contributed by atoms with Gasteiger partial charge in [-0.25, -0.2) is 9.37 Å². The van der Waals surface area contributed by atoms with Gasteiger partial charge >= 0.3 is 5.69 Å². The molecule has 0 radical (unpaired) electrons. The molecule has 104 valence electrons. The molecule has 1 aromatic carbocycles. The monoisotopic (exact) mass is 339 g/mol. The fourth-order valence-corrected chi connectivity index (χ4v) is 2.07. The Morgan fingerprint density at radius 3 is 2.85 bits per heavy atom. The second-order valence-corrected chi connectivity index (χ2v) is 5.02. The number of hydrogen-bond donors (Lipinski definition) is 1. The van der Waals surface area contributed by atoms with Crippen LogP contribution in [0.5, 0.6) is 0 Å². The van der Waals surface area contributed by atoms with Crippen molar-refractivity contribution in [3.8, 4) is 0 Å². The van der Waals surface area contributed by atoms with E-state index in [0.29, 0.717) is 11.3 Å². The number of hydrogen-bond acceptors (Lipinski definition) is 4. The fourth-order valence-electron chi connectivity index (χ4n) is 1.68. The van der Waals surface area contributed by atoms with Crippen molar-refractivity contribution in [1.29, 1.82) is 0 Å². The number of nitrogens with zero attached hydrogens (tertiary/aromatic N) is 2. The van der Waals surface area contributed by atoms with Crippen LogP contribution in [0.15, 0.2) is 34.8 Å². The molecule has 0 saturated carbocycles. The van der Waals surface area contributed by atoms with E-state index in [1.54, 1.807) is 19.1 Å². The molecule has 0 spiro atoms. The van der Waals surface area contributed by atoms with Gasteiger partial charge in [0.2, 0.25) is 5.82 Å². The van der Waals surface area contributed by atoms with E-state index < -0.39 is 4.92 Å². The summed E-state index contributed by atoms with van der Waals surface area (Å²) in [5, 5.41) is 13.8. The average Bonchev–Trinajstić information content (AvgIpc) is 2.39. The van der Waals surface area contributed by atoms with Crippen molar-refractivity contribution in [2.75, 3.05) is 5.32 Å². The summed E-state index contributed by atoms with van der Waals surface area (Å²) in [7, 11) is 0. The Morgan fingerprint density at radius 2 is 2.15 bits per heavy atom. The molecule has 0 bridgehead atoms. The van der Waals surface area contributed by atoms with E-state index >= 15 is 0 Å². The van der Waals surface area contributed by atoms with Gasteiger partial charge in [-0.1, -0.05) is 15.9 Å². The molecular weight excluding hydrogens is 329 g/mol. The van der Waals surface area contributed by atoms with Crippen LogP contribution in [0.25, 0.3) is 0 Å². The zero-order valence-corrected chi connectivity index (χ0v) is 12.1. The molecular formula is C13H11BrFN3O2. The van der Waals surface area contributed by atoms with E-state index in [-0.39, 0.29) is 23.9 Å². The molecule has 0 amide bonds. The van der Waals surface area contributed by atoms with Crippen LogP contribution in [-0.4, -0.2) is 9.91 Å². The summed E-state index contributed by atoms with van der Waals surface area (Å²) in [6.07, 6.45) is 0. The topological polar surface area (TPSA) is 68.1 Å². The summed E-state index contributed by atoms with van der Waals surface area (Å²) < 4.78 is 13.9. The Bertz CT molecular complexity index is 664. The van der Waals surface area contributed by atoms with Gasteiger partial charge in [0, 0.05) is 22.8 Å². The van der Waals surface area contributed by atoms with Crippen molar-refractivity contribution in [2.45, 2.75) is 13.5 Å². The highest BCUT2D eigenvalue weighted by molar-refractivity contribution is 9.10.